The molecule has 2 aromatic rings. The van der Waals surface area contributed by atoms with Crippen molar-refractivity contribution in [3.63, 3.8) is 0 Å². The minimum atomic E-state index is -4.47. The molecule has 0 saturated carbocycles. The quantitative estimate of drug-likeness (QED) is 0.523. The Morgan fingerprint density at radius 1 is 1.25 bits per heavy atom. The number of esters is 1. The van der Waals surface area contributed by atoms with E-state index < -0.39 is 29.7 Å². The number of alkyl halides is 3. The third-order valence-electron chi connectivity index (χ3n) is 3.63. The summed E-state index contributed by atoms with van der Waals surface area (Å²) in [6.07, 6.45) is -3.87. The predicted octanol–water partition coefficient (Wildman–Crippen LogP) is 4.27. The molecule has 1 atom stereocenters. The number of rotatable bonds is 7. The van der Waals surface area contributed by atoms with Crippen molar-refractivity contribution in [3.8, 4) is 0 Å². The Hall–Kier alpha value is -2.26. The molecule has 5 nitrogen and oxygen atoms in total. The van der Waals surface area contributed by atoms with Crippen LogP contribution in [0, 0.1) is 0 Å². The summed E-state index contributed by atoms with van der Waals surface area (Å²) in [6.45, 7) is 0. The first-order valence-corrected chi connectivity index (χ1v) is 9.33. The number of hydrogen-bond acceptors (Lipinski definition) is 5. The Labute approximate surface area is 168 Å². The van der Waals surface area contributed by atoms with Crippen LogP contribution in [-0.2, 0) is 20.5 Å². The van der Waals surface area contributed by atoms with Gasteiger partial charge in [-0.2, -0.15) is 13.2 Å². The van der Waals surface area contributed by atoms with E-state index in [1.54, 1.807) is 24.3 Å². The van der Waals surface area contributed by atoms with E-state index in [9.17, 15) is 22.8 Å². The van der Waals surface area contributed by atoms with Gasteiger partial charge in [-0.25, -0.2) is 4.98 Å². The molecule has 0 aliphatic heterocycles. The summed E-state index contributed by atoms with van der Waals surface area (Å²) in [5.41, 5.74) is -0.307. The molecule has 1 amide bonds. The third-order valence-corrected chi connectivity index (χ3v) is 4.92. The van der Waals surface area contributed by atoms with Crippen molar-refractivity contribution in [1.29, 1.82) is 0 Å². The zero-order valence-corrected chi connectivity index (χ0v) is 16.2. The monoisotopic (exact) mass is 432 g/mol. The van der Waals surface area contributed by atoms with Crippen molar-refractivity contribution in [3.05, 3.63) is 58.7 Å². The summed E-state index contributed by atoms with van der Waals surface area (Å²) < 4.78 is 42.3. The second kappa shape index (κ2) is 9.79. The molecule has 0 bridgehead atoms. The highest BCUT2D eigenvalue weighted by Crippen LogP contribution is 2.30. The molecular weight excluding hydrogens is 417 g/mol. The molecular formula is C18H16ClF3N2O3S. The fourth-order valence-electron chi connectivity index (χ4n) is 2.26. The Balaban J connectivity index is 2.01. The number of aromatic nitrogens is 1. The molecule has 2 rings (SSSR count). The van der Waals surface area contributed by atoms with Crippen molar-refractivity contribution >= 4 is 35.2 Å². The Morgan fingerprint density at radius 3 is 2.54 bits per heavy atom. The number of carbonyl (C=O) groups excluding carboxylic acids is 2. The summed E-state index contributed by atoms with van der Waals surface area (Å²) >= 11 is 7.12. The van der Waals surface area contributed by atoms with Crippen LogP contribution in [-0.4, -0.2) is 29.7 Å². The van der Waals surface area contributed by atoms with Crippen LogP contribution in [0.15, 0.2) is 47.6 Å². The van der Waals surface area contributed by atoms with Crippen LogP contribution < -0.4 is 5.32 Å². The maximum absolute atomic E-state index is 12.5. The number of methoxy groups -OCH3 is 1. The van der Waals surface area contributed by atoms with Crippen LogP contribution in [0.5, 0.6) is 0 Å². The molecule has 0 aliphatic carbocycles. The van der Waals surface area contributed by atoms with Gasteiger partial charge in [-0.15, -0.1) is 0 Å². The van der Waals surface area contributed by atoms with Crippen LogP contribution in [0.25, 0.3) is 0 Å². The van der Waals surface area contributed by atoms with E-state index in [0.29, 0.717) is 16.8 Å². The fraction of sp³-hybridized carbons (Fsp3) is 0.278. The lowest BCUT2D eigenvalue weighted by Crippen LogP contribution is -2.32. The van der Waals surface area contributed by atoms with Gasteiger partial charge in [-0.05, 0) is 23.8 Å². The summed E-state index contributed by atoms with van der Waals surface area (Å²) in [4.78, 5) is 27.6. The van der Waals surface area contributed by atoms with Crippen LogP contribution in [0.4, 0.5) is 13.2 Å². The molecule has 0 spiro atoms. The van der Waals surface area contributed by atoms with E-state index in [4.69, 9.17) is 11.6 Å². The van der Waals surface area contributed by atoms with Gasteiger partial charge < -0.3 is 10.1 Å². The number of benzene rings is 1. The molecule has 0 aliphatic rings. The summed E-state index contributed by atoms with van der Waals surface area (Å²) in [5.74, 6) is -1.05. The number of nitrogens with zero attached hydrogens (tertiary/aromatic N) is 1. The van der Waals surface area contributed by atoms with Crippen LogP contribution >= 0.6 is 23.4 Å². The van der Waals surface area contributed by atoms with Crippen molar-refractivity contribution in [2.24, 2.45) is 0 Å². The van der Waals surface area contributed by atoms with E-state index in [2.05, 4.69) is 15.0 Å². The molecule has 1 heterocycles. The number of carbonyl (C=O) groups is 2. The predicted molar refractivity (Wildman–Crippen MR) is 98.9 cm³/mol. The van der Waals surface area contributed by atoms with Gasteiger partial charge in [0.25, 0.3) is 0 Å². The van der Waals surface area contributed by atoms with Crippen molar-refractivity contribution in [2.45, 2.75) is 23.7 Å². The number of hydrogen-bond donors (Lipinski definition) is 1. The third kappa shape index (κ3) is 6.42. The Kier molecular flexibility index (Phi) is 7.70. The molecule has 0 fully saturated rings. The van der Waals surface area contributed by atoms with E-state index in [1.165, 1.54) is 13.2 Å². The number of thioether (sulfide) groups is 1. The maximum Gasteiger partial charge on any atom is 0.417 e. The molecule has 0 saturated heterocycles. The number of halogens is 4. The largest absolute Gasteiger partial charge is 0.469 e. The molecule has 1 aromatic carbocycles. The molecule has 1 N–H and O–H groups in total. The number of pyridine rings is 1. The van der Waals surface area contributed by atoms with Gasteiger partial charge >= 0.3 is 12.1 Å². The lowest BCUT2D eigenvalue weighted by Gasteiger charge is -2.19. The summed E-state index contributed by atoms with van der Waals surface area (Å²) in [6, 6.07) is 8.15. The number of ether oxygens (including phenoxy) is 1. The first-order chi connectivity index (χ1) is 13.2. The average molecular weight is 433 g/mol. The fourth-order valence-corrected chi connectivity index (χ4v) is 3.18. The minimum Gasteiger partial charge on any atom is -0.469 e. The lowest BCUT2D eigenvalue weighted by molar-refractivity contribution is -0.141. The standard InChI is InChI=1S/C18H16ClF3N2O3S/c1-27-17(26)8-14(12-4-2-3-5-13(12)19)24-15(25)10-28-16-7-6-11(9-23-16)18(20,21)22/h2-7,9,14H,8,10H2,1H3,(H,24,25). The first-order valence-electron chi connectivity index (χ1n) is 7.97. The zero-order chi connectivity index (χ0) is 20.7. The second-order valence-corrected chi connectivity index (χ2v) is 7.00. The van der Waals surface area contributed by atoms with Crippen LogP contribution in [0.2, 0.25) is 5.02 Å². The Bertz CT molecular complexity index is 832. The average Bonchev–Trinajstić information content (AvgIpc) is 2.65. The van der Waals surface area contributed by atoms with Crippen molar-refractivity contribution in [2.75, 3.05) is 12.9 Å². The van der Waals surface area contributed by atoms with Gasteiger partial charge in [0.1, 0.15) is 0 Å². The van der Waals surface area contributed by atoms with Gasteiger partial charge in [-0.3, -0.25) is 9.59 Å². The normalized spacial score (nSPS) is 12.3. The highest BCUT2D eigenvalue weighted by molar-refractivity contribution is 7.99. The molecule has 1 unspecified atom stereocenters. The van der Waals surface area contributed by atoms with Gasteiger partial charge in [0.05, 0.1) is 35.9 Å². The second-order valence-electron chi connectivity index (χ2n) is 5.59. The molecule has 1 aromatic heterocycles. The van der Waals surface area contributed by atoms with E-state index in [0.717, 1.165) is 17.8 Å². The first kappa shape index (κ1) is 22.0. The zero-order valence-electron chi connectivity index (χ0n) is 14.6. The molecule has 150 valence electrons. The maximum atomic E-state index is 12.5. The topological polar surface area (TPSA) is 68.3 Å². The minimum absolute atomic E-state index is 0.0967. The number of nitrogens with one attached hydrogen (secondary N) is 1. The molecule has 28 heavy (non-hydrogen) atoms. The molecule has 0 radical (unpaired) electrons. The summed E-state index contributed by atoms with van der Waals surface area (Å²) in [5, 5.41) is 3.34. The van der Waals surface area contributed by atoms with Crippen molar-refractivity contribution in [1.82, 2.24) is 10.3 Å². The van der Waals surface area contributed by atoms with Crippen molar-refractivity contribution < 1.29 is 27.5 Å². The van der Waals surface area contributed by atoms with Gasteiger partial charge in [-0.1, -0.05) is 41.6 Å². The van der Waals surface area contributed by atoms with E-state index in [1.807, 2.05) is 0 Å². The lowest BCUT2D eigenvalue weighted by atomic mass is 10.0. The SMILES string of the molecule is COC(=O)CC(NC(=O)CSc1ccc(C(F)(F)F)cn1)c1ccccc1Cl. The Morgan fingerprint density at radius 2 is 1.96 bits per heavy atom. The summed E-state index contributed by atoms with van der Waals surface area (Å²) in [7, 11) is 1.24. The highest BCUT2D eigenvalue weighted by Gasteiger charge is 2.30. The van der Waals surface area contributed by atoms with E-state index in [-0.39, 0.29) is 17.2 Å². The highest BCUT2D eigenvalue weighted by atomic mass is 35.5. The van der Waals surface area contributed by atoms with E-state index >= 15 is 0 Å². The molecule has 10 heteroatoms. The van der Waals surface area contributed by atoms with Crippen LogP contribution in [0.1, 0.15) is 23.6 Å². The van der Waals surface area contributed by atoms with Gasteiger partial charge in [0, 0.05) is 11.2 Å². The number of amides is 1. The van der Waals surface area contributed by atoms with Crippen LogP contribution in [0.3, 0.4) is 0 Å². The van der Waals surface area contributed by atoms with Gasteiger partial charge in [0.15, 0.2) is 0 Å². The van der Waals surface area contributed by atoms with Gasteiger partial charge in [0.2, 0.25) is 5.91 Å². The smallest absolute Gasteiger partial charge is 0.417 e.